The van der Waals surface area contributed by atoms with Crippen LogP contribution in [0, 0.1) is 0 Å². The number of benzene rings is 1. The second kappa shape index (κ2) is 7.97. The maximum Gasteiger partial charge on any atom is 0.258 e. The van der Waals surface area contributed by atoms with Gasteiger partial charge in [0.15, 0.2) is 12.4 Å². The van der Waals surface area contributed by atoms with E-state index in [-0.39, 0.29) is 18.6 Å². The SMILES string of the molecule is O=C(COc1ccccc1Cl)NC[C@@H]1CCCN1c1cccnn1. The van der Waals surface area contributed by atoms with E-state index in [0.717, 1.165) is 25.2 Å². The van der Waals surface area contributed by atoms with Crippen molar-refractivity contribution >= 4 is 23.3 Å². The normalized spacial score (nSPS) is 16.9. The van der Waals surface area contributed by atoms with Crippen LogP contribution in [-0.4, -0.2) is 41.8 Å². The zero-order valence-corrected chi connectivity index (χ0v) is 13.9. The van der Waals surface area contributed by atoms with E-state index in [2.05, 4.69) is 20.4 Å². The van der Waals surface area contributed by atoms with Crippen molar-refractivity contribution in [2.24, 2.45) is 0 Å². The van der Waals surface area contributed by atoms with E-state index in [1.165, 1.54) is 0 Å². The maximum atomic E-state index is 12.0. The lowest BCUT2D eigenvalue weighted by Crippen LogP contribution is -2.42. The van der Waals surface area contributed by atoms with Crippen LogP contribution in [0.15, 0.2) is 42.6 Å². The van der Waals surface area contributed by atoms with Gasteiger partial charge in [-0.25, -0.2) is 0 Å². The number of ether oxygens (including phenoxy) is 1. The van der Waals surface area contributed by atoms with Gasteiger partial charge in [-0.05, 0) is 37.1 Å². The van der Waals surface area contributed by atoms with E-state index in [1.807, 2.05) is 24.3 Å². The van der Waals surface area contributed by atoms with Crippen LogP contribution in [0.5, 0.6) is 5.75 Å². The summed E-state index contributed by atoms with van der Waals surface area (Å²) < 4.78 is 5.45. The van der Waals surface area contributed by atoms with Crippen LogP contribution in [0.1, 0.15) is 12.8 Å². The minimum Gasteiger partial charge on any atom is -0.482 e. The minimum atomic E-state index is -0.166. The minimum absolute atomic E-state index is 0.0540. The largest absolute Gasteiger partial charge is 0.482 e. The first-order valence-corrected chi connectivity index (χ1v) is 8.30. The number of nitrogens with one attached hydrogen (secondary N) is 1. The predicted octanol–water partition coefficient (Wildman–Crippen LogP) is 2.29. The lowest BCUT2D eigenvalue weighted by atomic mass is 10.2. The fraction of sp³-hybridized carbons (Fsp3) is 0.353. The van der Waals surface area contributed by atoms with E-state index in [9.17, 15) is 4.79 Å². The Morgan fingerprint density at radius 3 is 3.00 bits per heavy atom. The van der Waals surface area contributed by atoms with Gasteiger partial charge in [0.25, 0.3) is 5.91 Å². The number of anilines is 1. The smallest absolute Gasteiger partial charge is 0.258 e. The van der Waals surface area contributed by atoms with Gasteiger partial charge in [-0.3, -0.25) is 4.79 Å². The Labute approximate surface area is 145 Å². The van der Waals surface area contributed by atoms with Crippen molar-refractivity contribution in [1.82, 2.24) is 15.5 Å². The molecule has 3 rings (SSSR count). The maximum absolute atomic E-state index is 12.0. The monoisotopic (exact) mass is 346 g/mol. The average Bonchev–Trinajstić information content (AvgIpc) is 3.08. The van der Waals surface area contributed by atoms with E-state index < -0.39 is 0 Å². The van der Waals surface area contributed by atoms with Crippen molar-refractivity contribution in [3.05, 3.63) is 47.6 Å². The molecule has 1 aliphatic heterocycles. The lowest BCUT2D eigenvalue weighted by Gasteiger charge is -2.25. The lowest BCUT2D eigenvalue weighted by molar-refractivity contribution is -0.123. The number of hydrogen-bond donors (Lipinski definition) is 1. The van der Waals surface area contributed by atoms with E-state index >= 15 is 0 Å². The molecule has 24 heavy (non-hydrogen) atoms. The molecule has 0 bridgehead atoms. The van der Waals surface area contributed by atoms with Gasteiger partial charge in [-0.15, -0.1) is 5.10 Å². The number of nitrogens with zero attached hydrogens (tertiary/aromatic N) is 3. The number of halogens is 1. The Kier molecular flexibility index (Phi) is 5.48. The molecular weight excluding hydrogens is 328 g/mol. The molecule has 1 N–H and O–H groups in total. The number of hydrogen-bond acceptors (Lipinski definition) is 5. The summed E-state index contributed by atoms with van der Waals surface area (Å²) in [7, 11) is 0. The quantitative estimate of drug-likeness (QED) is 0.869. The average molecular weight is 347 g/mol. The molecule has 1 atom stereocenters. The van der Waals surface area contributed by atoms with Crippen molar-refractivity contribution in [1.29, 1.82) is 0 Å². The summed E-state index contributed by atoms with van der Waals surface area (Å²) in [6.45, 7) is 1.43. The molecule has 1 saturated heterocycles. The molecule has 6 nitrogen and oxygen atoms in total. The Morgan fingerprint density at radius 2 is 2.21 bits per heavy atom. The third-order valence-electron chi connectivity index (χ3n) is 3.96. The number of carbonyl (C=O) groups excluding carboxylic acids is 1. The number of aromatic nitrogens is 2. The molecule has 7 heteroatoms. The number of rotatable bonds is 6. The van der Waals surface area contributed by atoms with Gasteiger partial charge in [-0.1, -0.05) is 23.7 Å². The second-order valence-corrected chi connectivity index (χ2v) is 6.00. The third-order valence-corrected chi connectivity index (χ3v) is 4.27. The van der Waals surface area contributed by atoms with Gasteiger partial charge in [0.2, 0.25) is 0 Å². The summed E-state index contributed by atoms with van der Waals surface area (Å²) in [5.74, 6) is 1.19. The first-order valence-electron chi connectivity index (χ1n) is 7.92. The highest BCUT2D eigenvalue weighted by Gasteiger charge is 2.26. The molecule has 2 heterocycles. The Hall–Kier alpha value is -2.34. The zero-order chi connectivity index (χ0) is 16.8. The molecule has 1 aromatic carbocycles. The van der Waals surface area contributed by atoms with Crippen molar-refractivity contribution in [3.8, 4) is 5.75 Å². The summed E-state index contributed by atoms with van der Waals surface area (Å²) >= 11 is 6.00. The molecule has 0 radical (unpaired) electrons. The highest BCUT2D eigenvalue weighted by molar-refractivity contribution is 6.32. The zero-order valence-electron chi connectivity index (χ0n) is 13.2. The summed E-state index contributed by atoms with van der Waals surface area (Å²) in [6, 6.07) is 11.1. The topological polar surface area (TPSA) is 67.3 Å². The molecule has 126 valence electrons. The molecule has 0 aliphatic carbocycles. The molecule has 1 aliphatic rings. The van der Waals surface area contributed by atoms with Crippen LogP contribution in [-0.2, 0) is 4.79 Å². The molecule has 1 fully saturated rings. The van der Waals surface area contributed by atoms with Gasteiger partial charge in [0, 0.05) is 25.3 Å². The summed E-state index contributed by atoms with van der Waals surface area (Å²) in [5, 5.41) is 11.5. The van der Waals surface area contributed by atoms with Gasteiger partial charge in [0.05, 0.1) is 5.02 Å². The number of para-hydroxylation sites is 1. The molecule has 0 unspecified atom stereocenters. The first kappa shape index (κ1) is 16.5. The van der Waals surface area contributed by atoms with E-state index in [4.69, 9.17) is 16.3 Å². The number of carbonyl (C=O) groups is 1. The third kappa shape index (κ3) is 4.14. The van der Waals surface area contributed by atoms with Crippen LogP contribution < -0.4 is 15.0 Å². The standard InChI is InChI=1S/C17H19ClN4O2/c18-14-6-1-2-7-15(14)24-12-17(23)19-11-13-5-4-10-22(13)16-8-3-9-20-21-16/h1-3,6-9,13H,4-5,10-12H2,(H,19,23)/t13-/m0/s1. The molecule has 1 aromatic heterocycles. The Morgan fingerprint density at radius 1 is 1.33 bits per heavy atom. The highest BCUT2D eigenvalue weighted by atomic mass is 35.5. The van der Waals surface area contributed by atoms with E-state index in [1.54, 1.807) is 18.3 Å². The van der Waals surface area contributed by atoms with E-state index in [0.29, 0.717) is 17.3 Å². The molecule has 0 saturated carbocycles. The highest BCUT2D eigenvalue weighted by Crippen LogP contribution is 2.23. The summed E-state index contributed by atoms with van der Waals surface area (Å²) in [5.41, 5.74) is 0. The van der Waals surface area contributed by atoms with Crippen LogP contribution in [0.4, 0.5) is 5.82 Å². The van der Waals surface area contributed by atoms with Gasteiger partial charge in [0.1, 0.15) is 5.75 Å². The van der Waals surface area contributed by atoms with Gasteiger partial charge < -0.3 is 15.0 Å². The van der Waals surface area contributed by atoms with Crippen molar-refractivity contribution in [2.45, 2.75) is 18.9 Å². The summed E-state index contributed by atoms with van der Waals surface area (Å²) in [6.07, 6.45) is 3.75. The molecule has 2 aromatic rings. The molecule has 1 amide bonds. The van der Waals surface area contributed by atoms with Crippen LogP contribution >= 0.6 is 11.6 Å². The molecular formula is C17H19ClN4O2. The van der Waals surface area contributed by atoms with Crippen molar-refractivity contribution in [2.75, 3.05) is 24.6 Å². The fourth-order valence-corrected chi connectivity index (χ4v) is 2.97. The predicted molar refractivity (Wildman–Crippen MR) is 92.4 cm³/mol. The van der Waals surface area contributed by atoms with Crippen molar-refractivity contribution < 1.29 is 9.53 Å². The van der Waals surface area contributed by atoms with Gasteiger partial charge in [-0.2, -0.15) is 5.10 Å². The summed E-state index contributed by atoms with van der Waals surface area (Å²) in [4.78, 5) is 14.2. The number of amides is 1. The second-order valence-electron chi connectivity index (χ2n) is 5.59. The van der Waals surface area contributed by atoms with Gasteiger partial charge >= 0.3 is 0 Å². The molecule has 0 spiro atoms. The van der Waals surface area contributed by atoms with Crippen LogP contribution in [0.3, 0.4) is 0 Å². The fourth-order valence-electron chi connectivity index (χ4n) is 2.78. The first-order chi connectivity index (χ1) is 11.7. The van der Waals surface area contributed by atoms with Crippen LogP contribution in [0.2, 0.25) is 5.02 Å². The Balaban J connectivity index is 1.48. The Bertz CT molecular complexity index is 683. The van der Waals surface area contributed by atoms with Crippen molar-refractivity contribution in [3.63, 3.8) is 0 Å². The van der Waals surface area contributed by atoms with Crippen LogP contribution in [0.25, 0.3) is 0 Å².